The van der Waals surface area contributed by atoms with Crippen molar-refractivity contribution in [2.24, 2.45) is 19.1 Å². The lowest BCUT2D eigenvalue weighted by molar-refractivity contribution is 0.102. The van der Waals surface area contributed by atoms with Crippen LogP contribution in [0.25, 0.3) is 0 Å². The SMILES string of the molecule is Cl.Cn1c(N)c(C(=O)CSC(=Nc2ccccc2Cl)Nc2ccccc2Cl)c(=O)n(C)c1=O. The minimum absolute atomic E-state index is 0. The van der Waals surface area contributed by atoms with Crippen molar-refractivity contribution in [2.75, 3.05) is 16.8 Å². The van der Waals surface area contributed by atoms with E-state index in [9.17, 15) is 14.4 Å². The van der Waals surface area contributed by atoms with Gasteiger partial charge in [-0.05, 0) is 24.3 Å². The molecule has 3 N–H and O–H groups in total. The third kappa shape index (κ3) is 6.00. The lowest BCUT2D eigenvalue weighted by Gasteiger charge is -2.13. The number of rotatable bonds is 5. The summed E-state index contributed by atoms with van der Waals surface area (Å²) in [5, 5.41) is 4.31. The first-order chi connectivity index (χ1) is 15.2. The van der Waals surface area contributed by atoms with Crippen LogP contribution in [-0.4, -0.2) is 25.8 Å². The molecule has 0 fully saturated rings. The molecule has 1 heterocycles. The van der Waals surface area contributed by atoms with Crippen LogP contribution in [0.15, 0.2) is 63.1 Å². The van der Waals surface area contributed by atoms with Gasteiger partial charge in [0, 0.05) is 14.1 Å². The van der Waals surface area contributed by atoms with Gasteiger partial charge in [0.15, 0.2) is 11.0 Å². The molecule has 0 saturated heterocycles. The number of anilines is 2. The largest absolute Gasteiger partial charge is 0.384 e. The number of thioether (sulfide) groups is 1. The summed E-state index contributed by atoms with van der Waals surface area (Å²) in [6, 6.07) is 14.0. The Morgan fingerprint density at radius 1 is 1.03 bits per heavy atom. The summed E-state index contributed by atoms with van der Waals surface area (Å²) in [6.07, 6.45) is 0. The van der Waals surface area contributed by atoms with Crippen molar-refractivity contribution in [2.45, 2.75) is 0 Å². The first kappa shape index (κ1) is 26.5. The van der Waals surface area contributed by atoms with E-state index in [1.165, 1.54) is 14.1 Å². The maximum Gasteiger partial charge on any atom is 0.332 e. The summed E-state index contributed by atoms with van der Waals surface area (Å²) < 4.78 is 1.90. The fourth-order valence-corrected chi connectivity index (χ4v) is 3.87. The molecule has 2 aromatic carbocycles. The van der Waals surface area contributed by atoms with Crippen molar-refractivity contribution in [3.63, 3.8) is 0 Å². The zero-order valence-electron chi connectivity index (χ0n) is 17.5. The molecule has 0 aliphatic heterocycles. The van der Waals surface area contributed by atoms with Crippen molar-refractivity contribution in [3.8, 4) is 0 Å². The van der Waals surface area contributed by atoms with Crippen LogP contribution < -0.4 is 22.3 Å². The number of nitrogens with zero attached hydrogens (tertiary/aromatic N) is 3. The number of aromatic nitrogens is 2. The molecule has 0 aliphatic carbocycles. The van der Waals surface area contributed by atoms with Crippen LogP contribution in [0.4, 0.5) is 17.2 Å². The topological polar surface area (TPSA) is 111 Å². The Balaban J connectivity index is 0.00000385. The van der Waals surface area contributed by atoms with Gasteiger partial charge in [-0.1, -0.05) is 59.2 Å². The third-order valence-corrected chi connectivity index (χ3v) is 6.04. The fourth-order valence-electron chi connectivity index (χ4n) is 2.75. The molecule has 0 atom stereocenters. The zero-order chi connectivity index (χ0) is 23.4. The highest BCUT2D eigenvalue weighted by molar-refractivity contribution is 8.14. The lowest BCUT2D eigenvalue weighted by atomic mass is 10.2. The summed E-state index contributed by atoms with van der Waals surface area (Å²) in [7, 11) is 2.68. The van der Waals surface area contributed by atoms with Gasteiger partial charge in [-0.3, -0.25) is 18.7 Å². The van der Waals surface area contributed by atoms with E-state index >= 15 is 0 Å². The molecule has 33 heavy (non-hydrogen) atoms. The number of nitrogens with two attached hydrogens (primary N) is 1. The Hall–Kier alpha value is -2.72. The van der Waals surface area contributed by atoms with Crippen molar-refractivity contribution in [1.82, 2.24) is 9.13 Å². The van der Waals surface area contributed by atoms with Gasteiger partial charge < -0.3 is 11.1 Å². The molecule has 174 valence electrons. The second kappa shape index (κ2) is 11.4. The maximum absolute atomic E-state index is 12.9. The van der Waals surface area contributed by atoms with Gasteiger partial charge in [-0.2, -0.15) is 0 Å². The van der Waals surface area contributed by atoms with Gasteiger partial charge >= 0.3 is 5.69 Å². The molecule has 0 unspecified atom stereocenters. The van der Waals surface area contributed by atoms with E-state index in [-0.39, 0.29) is 29.5 Å². The summed E-state index contributed by atoms with van der Waals surface area (Å²) in [6.45, 7) is 0. The smallest absolute Gasteiger partial charge is 0.332 e. The zero-order valence-corrected chi connectivity index (χ0v) is 20.7. The van der Waals surface area contributed by atoms with Crippen LogP contribution in [0.1, 0.15) is 10.4 Å². The molecular formula is C21H20Cl3N5O3S. The van der Waals surface area contributed by atoms with E-state index in [2.05, 4.69) is 10.3 Å². The number of ketones is 1. The average Bonchev–Trinajstić information content (AvgIpc) is 2.77. The standard InChI is InChI=1S/C21H19Cl2N5O3S.ClH/c1-27-18(24)17(19(30)28(2)21(27)31)16(29)11-32-20(25-14-9-5-3-7-12(14)22)26-15-10-6-4-8-13(15)23;/h3-10H,11,24H2,1-2H3,(H,25,26);1H. The number of nitrogen functional groups attached to an aromatic ring is 1. The Bertz CT molecular complexity index is 1340. The minimum Gasteiger partial charge on any atom is -0.384 e. The first-order valence-corrected chi connectivity index (χ1v) is 11.0. The normalized spacial score (nSPS) is 11.1. The van der Waals surface area contributed by atoms with Crippen LogP contribution in [0.2, 0.25) is 10.0 Å². The molecule has 0 amide bonds. The number of amidine groups is 1. The predicted molar refractivity (Wildman–Crippen MR) is 139 cm³/mol. The number of hydrogen-bond acceptors (Lipinski definition) is 6. The second-order valence-corrected chi connectivity index (χ2v) is 8.43. The number of carbonyl (C=O) groups is 1. The van der Waals surface area contributed by atoms with Crippen molar-refractivity contribution < 1.29 is 4.79 Å². The van der Waals surface area contributed by atoms with Gasteiger partial charge in [-0.15, -0.1) is 12.4 Å². The molecule has 8 nitrogen and oxygen atoms in total. The average molecular weight is 529 g/mol. The highest BCUT2D eigenvalue weighted by Gasteiger charge is 2.21. The molecule has 0 radical (unpaired) electrons. The number of carbonyl (C=O) groups excluding carboxylic acids is 1. The second-order valence-electron chi connectivity index (χ2n) is 6.65. The van der Waals surface area contributed by atoms with Gasteiger partial charge in [0.1, 0.15) is 11.4 Å². The summed E-state index contributed by atoms with van der Waals surface area (Å²) >= 11 is 13.5. The Morgan fingerprint density at radius 3 is 2.27 bits per heavy atom. The quantitative estimate of drug-likeness (QED) is 0.293. The fraction of sp³-hybridized carbons (Fsp3) is 0.143. The molecular weight excluding hydrogens is 509 g/mol. The highest BCUT2D eigenvalue weighted by Crippen LogP contribution is 2.28. The number of aliphatic imine (C=N–C) groups is 1. The van der Waals surface area contributed by atoms with Crippen LogP contribution in [0.3, 0.4) is 0 Å². The van der Waals surface area contributed by atoms with Crippen molar-refractivity contribution in [3.05, 3.63) is 85.0 Å². The summed E-state index contributed by atoms with van der Waals surface area (Å²) in [5.41, 5.74) is 5.34. The monoisotopic (exact) mass is 527 g/mol. The van der Waals surface area contributed by atoms with Gasteiger partial charge in [0.05, 0.1) is 27.2 Å². The van der Waals surface area contributed by atoms with Gasteiger partial charge in [0.2, 0.25) is 0 Å². The number of hydrogen-bond donors (Lipinski definition) is 2. The molecule has 3 rings (SSSR count). The van der Waals surface area contributed by atoms with Crippen LogP contribution >= 0.6 is 47.4 Å². The van der Waals surface area contributed by atoms with Crippen LogP contribution in [-0.2, 0) is 14.1 Å². The van der Waals surface area contributed by atoms with Crippen molar-refractivity contribution >= 4 is 75.5 Å². The van der Waals surface area contributed by atoms with E-state index in [0.29, 0.717) is 26.6 Å². The van der Waals surface area contributed by atoms with E-state index in [4.69, 9.17) is 28.9 Å². The van der Waals surface area contributed by atoms with Gasteiger partial charge in [0.25, 0.3) is 5.56 Å². The molecule has 0 bridgehead atoms. The number of para-hydroxylation sites is 2. The molecule has 0 saturated carbocycles. The van der Waals surface area contributed by atoms with Crippen LogP contribution in [0, 0.1) is 0 Å². The number of halogens is 3. The minimum atomic E-state index is -0.750. The number of Topliss-reactive ketones (excluding diaryl/α,β-unsaturated/α-hetero) is 1. The molecule has 0 aliphatic rings. The Kier molecular flexibility index (Phi) is 9.18. The van der Waals surface area contributed by atoms with Crippen LogP contribution in [0.5, 0.6) is 0 Å². The maximum atomic E-state index is 12.9. The van der Waals surface area contributed by atoms with E-state index < -0.39 is 17.0 Å². The molecule has 1 aromatic heterocycles. The Labute approximate surface area is 209 Å². The Morgan fingerprint density at radius 2 is 1.64 bits per heavy atom. The number of benzene rings is 2. The lowest BCUT2D eigenvalue weighted by Crippen LogP contribution is -2.41. The van der Waals surface area contributed by atoms with E-state index in [1.54, 1.807) is 48.5 Å². The highest BCUT2D eigenvalue weighted by atomic mass is 35.5. The summed E-state index contributed by atoms with van der Waals surface area (Å²) in [4.78, 5) is 41.9. The predicted octanol–water partition coefficient (Wildman–Crippen LogP) is 4.11. The molecule has 3 aromatic rings. The van der Waals surface area contributed by atoms with Gasteiger partial charge in [-0.25, -0.2) is 9.79 Å². The summed E-state index contributed by atoms with van der Waals surface area (Å²) in [5.74, 6) is -0.901. The van der Waals surface area contributed by atoms with E-state index in [1.807, 2.05) is 0 Å². The molecule has 0 spiro atoms. The number of nitrogens with one attached hydrogen (secondary N) is 1. The molecule has 12 heteroatoms. The third-order valence-electron chi connectivity index (χ3n) is 4.52. The first-order valence-electron chi connectivity index (χ1n) is 9.27. The van der Waals surface area contributed by atoms with E-state index in [0.717, 1.165) is 20.9 Å². The van der Waals surface area contributed by atoms with Crippen molar-refractivity contribution in [1.29, 1.82) is 0 Å².